The maximum Gasteiger partial charge on any atom is 0.307 e. The van der Waals surface area contributed by atoms with Crippen molar-refractivity contribution in [3.8, 4) is 16.5 Å². The lowest BCUT2D eigenvalue weighted by Gasteiger charge is -2.15. The van der Waals surface area contributed by atoms with Crippen molar-refractivity contribution in [2.75, 3.05) is 12.4 Å². The van der Waals surface area contributed by atoms with Gasteiger partial charge >= 0.3 is 5.97 Å². The number of thiophene rings is 1. The maximum absolute atomic E-state index is 11.0. The fraction of sp³-hybridized carbons (Fsp3) is 0.233. The second kappa shape index (κ2) is 12.3. The predicted octanol–water partition coefficient (Wildman–Crippen LogP) is 6.66. The third-order valence-corrected chi connectivity index (χ3v) is 7.19. The molecule has 0 fully saturated rings. The van der Waals surface area contributed by atoms with Gasteiger partial charge in [-0.2, -0.15) is 0 Å². The Morgan fingerprint density at radius 1 is 1.03 bits per heavy atom. The van der Waals surface area contributed by atoms with E-state index in [-0.39, 0.29) is 6.42 Å². The van der Waals surface area contributed by atoms with Crippen molar-refractivity contribution >= 4 is 28.8 Å². The minimum absolute atomic E-state index is 0.00118. The first-order chi connectivity index (χ1) is 18.0. The van der Waals surface area contributed by atoms with Crippen LogP contribution < -0.4 is 10.1 Å². The number of carboxylic acids is 1. The Hall–Kier alpha value is -3.97. The number of rotatable bonds is 12. The summed E-state index contributed by atoms with van der Waals surface area (Å²) in [5.41, 5.74) is 4.88. The van der Waals surface area contributed by atoms with Crippen LogP contribution >= 0.6 is 11.3 Å². The molecule has 0 spiro atoms. The number of nitrogens with zero attached hydrogens (tertiary/aromatic N) is 2. The summed E-state index contributed by atoms with van der Waals surface area (Å²) in [5, 5.41) is 12.5. The van der Waals surface area contributed by atoms with Crippen LogP contribution in [0.5, 0.6) is 5.75 Å². The van der Waals surface area contributed by atoms with Crippen LogP contribution in [-0.2, 0) is 36.9 Å². The number of anilines is 2. The Balaban J connectivity index is 1.57. The predicted molar refractivity (Wildman–Crippen MR) is 150 cm³/mol. The van der Waals surface area contributed by atoms with Gasteiger partial charge < -0.3 is 15.2 Å². The molecule has 0 amide bonds. The van der Waals surface area contributed by atoms with Gasteiger partial charge in [-0.1, -0.05) is 37.3 Å². The lowest BCUT2D eigenvalue weighted by atomic mass is 10.1. The molecule has 0 radical (unpaired) electrons. The molecule has 2 heterocycles. The second-order valence-electron chi connectivity index (χ2n) is 8.67. The highest BCUT2D eigenvalue weighted by Crippen LogP contribution is 2.31. The molecule has 0 atom stereocenters. The van der Waals surface area contributed by atoms with Crippen LogP contribution in [0.3, 0.4) is 0 Å². The number of carboxylic acid groups (broad SMARTS) is 1. The summed E-state index contributed by atoms with van der Waals surface area (Å²) < 4.78 is 5.25. The SMILES string of the molecule is C=CCc1c(CC)nc(-c2ccc(CCc3ccc(OC)cc3)s2)nc1Nc1ccc(CC(=O)O)cc1. The van der Waals surface area contributed by atoms with E-state index in [9.17, 15) is 4.79 Å². The number of allylic oxidation sites excluding steroid dienone is 1. The summed E-state index contributed by atoms with van der Waals surface area (Å²) in [7, 11) is 1.68. The average Bonchev–Trinajstić information content (AvgIpc) is 3.38. The highest BCUT2D eigenvalue weighted by molar-refractivity contribution is 7.15. The molecule has 6 nitrogen and oxygen atoms in total. The third-order valence-electron chi connectivity index (χ3n) is 6.05. The largest absolute Gasteiger partial charge is 0.497 e. The molecule has 2 N–H and O–H groups in total. The summed E-state index contributed by atoms with van der Waals surface area (Å²) >= 11 is 1.72. The van der Waals surface area contributed by atoms with Crippen molar-refractivity contribution in [2.45, 2.75) is 39.0 Å². The van der Waals surface area contributed by atoms with E-state index in [0.29, 0.717) is 12.2 Å². The van der Waals surface area contributed by atoms with Gasteiger partial charge in [0.05, 0.1) is 18.4 Å². The lowest BCUT2D eigenvalue weighted by molar-refractivity contribution is -0.136. The summed E-state index contributed by atoms with van der Waals surface area (Å²) in [5.74, 6) is 1.48. The molecule has 37 heavy (non-hydrogen) atoms. The number of methoxy groups -OCH3 is 1. The van der Waals surface area contributed by atoms with Gasteiger partial charge in [0.1, 0.15) is 11.6 Å². The summed E-state index contributed by atoms with van der Waals surface area (Å²) in [6, 6.07) is 19.9. The van der Waals surface area contributed by atoms with Crippen LogP contribution in [0.2, 0.25) is 0 Å². The standard InChI is InChI=1S/C30H31N3O3S/c1-4-6-25-26(5-2)32-30(33-29(25)31-22-12-7-21(8-13-22)19-28(34)35)27-18-17-24(37-27)16-11-20-9-14-23(36-3)15-10-20/h4,7-10,12-15,17-18H,1,5-6,11,16,19H2,2-3H3,(H,34,35)(H,31,32,33). The first-order valence-electron chi connectivity index (χ1n) is 12.3. The molecule has 0 aliphatic rings. The van der Waals surface area contributed by atoms with E-state index in [2.05, 4.69) is 43.1 Å². The molecule has 4 aromatic rings. The Kier molecular flexibility index (Phi) is 8.69. The van der Waals surface area contributed by atoms with Gasteiger partial charge in [0.2, 0.25) is 0 Å². The van der Waals surface area contributed by atoms with Crippen LogP contribution in [0.4, 0.5) is 11.5 Å². The number of aryl methyl sites for hydroxylation is 3. The van der Waals surface area contributed by atoms with Crippen molar-refractivity contribution in [2.24, 2.45) is 0 Å². The smallest absolute Gasteiger partial charge is 0.307 e. The molecule has 0 saturated heterocycles. The van der Waals surface area contributed by atoms with Gasteiger partial charge in [-0.25, -0.2) is 9.97 Å². The van der Waals surface area contributed by atoms with Gasteiger partial charge in [0.15, 0.2) is 5.82 Å². The summed E-state index contributed by atoms with van der Waals surface area (Å²) in [6.07, 6.45) is 5.19. The molecule has 2 aromatic carbocycles. The van der Waals surface area contributed by atoms with E-state index in [1.54, 1.807) is 18.4 Å². The number of hydrogen-bond acceptors (Lipinski definition) is 6. The Morgan fingerprint density at radius 3 is 2.41 bits per heavy atom. The average molecular weight is 514 g/mol. The van der Waals surface area contributed by atoms with Gasteiger partial charge in [-0.05, 0) is 73.2 Å². The Bertz CT molecular complexity index is 1360. The highest BCUT2D eigenvalue weighted by atomic mass is 32.1. The molecule has 0 aliphatic carbocycles. The number of hydrogen-bond donors (Lipinski definition) is 2. The molecule has 0 unspecified atom stereocenters. The summed E-state index contributed by atoms with van der Waals surface area (Å²) in [6.45, 7) is 6.01. The first-order valence-corrected chi connectivity index (χ1v) is 13.1. The molecule has 0 aliphatic heterocycles. The van der Waals surface area contributed by atoms with Gasteiger partial charge in [-0.3, -0.25) is 4.79 Å². The zero-order chi connectivity index (χ0) is 26.2. The quantitative estimate of drug-likeness (QED) is 0.206. The van der Waals surface area contributed by atoms with Crippen LogP contribution in [-0.4, -0.2) is 28.2 Å². The summed E-state index contributed by atoms with van der Waals surface area (Å²) in [4.78, 5) is 23.1. The molecule has 0 bridgehead atoms. The maximum atomic E-state index is 11.0. The Labute approximate surface area is 221 Å². The number of aliphatic carboxylic acids is 1. The molecular formula is C30H31N3O3S. The minimum atomic E-state index is -0.846. The van der Waals surface area contributed by atoms with E-state index in [1.165, 1.54) is 10.4 Å². The zero-order valence-corrected chi connectivity index (χ0v) is 22.0. The van der Waals surface area contributed by atoms with Gasteiger partial charge in [-0.15, -0.1) is 17.9 Å². The molecule has 190 valence electrons. The third kappa shape index (κ3) is 6.83. The van der Waals surface area contributed by atoms with Crippen molar-refractivity contribution in [3.05, 3.63) is 101 Å². The fourth-order valence-corrected chi connectivity index (χ4v) is 5.05. The van der Waals surface area contributed by atoms with Crippen molar-refractivity contribution < 1.29 is 14.6 Å². The van der Waals surface area contributed by atoms with E-state index >= 15 is 0 Å². The van der Waals surface area contributed by atoms with Crippen molar-refractivity contribution in [1.29, 1.82) is 0 Å². The molecule has 4 rings (SSSR count). The first kappa shape index (κ1) is 26.1. The number of ether oxygens (including phenoxy) is 1. The Morgan fingerprint density at radius 2 is 1.76 bits per heavy atom. The van der Waals surface area contributed by atoms with Crippen LogP contribution in [0.1, 0.15) is 34.2 Å². The molecule has 7 heteroatoms. The van der Waals surface area contributed by atoms with E-state index in [1.807, 2.05) is 42.5 Å². The van der Waals surface area contributed by atoms with Crippen molar-refractivity contribution in [1.82, 2.24) is 9.97 Å². The van der Waals surface area contributed by atoms with E-state index in [0.717, 1.165) is 58.2 Å². The molecule has 2 aromatic heterocycles. The topological polar surface area (TPSA) is 84.3 Å². The minimum Gasteiger partial charge on any atom is -0.497 e. The number of nitrogens with one attached hydrogen (secondary N) is 1. The number of aromatic nitrogens is 2. The van der Waals surface area contributed by atoms with E-state index < -0.39 is 5.97 Å². The van der Waals surface area contributed by atoms with E-state index in [4.69, 9.17) is 19.8 Å². The second-order valence-corrected chi connectivity index (χ2v) is 9.84. The fourth-order valence-electron chi connectivity index (χ4n) is 4.10. The van der Waals surface area contributed by atoms with Crippen LogP contribution in [0, 0.1) is 0 Å². The number of carbonyl (C=O) groups is 1. The molecular weight excluding hydrogens is 482 g/mol. The van der Waals surface area contributed by atoms with Crippen molar-refractivity contribution in [3.63, 3.8) is 0 Å². The highest BCUT2D eigenvalue weighted by Gasteiger charge is 2.16. The van der Waals surface area contributed by atoms with Crippen LogP contribution in [0.25, 0.3) is 10.7 Å². The lowest BCUT2D eigenvalue weighted by Crippen LogP contribution is -2.07. The normalized spacial score (nSPS) is 10.8. The van der Waals surface area contributed by atoms with Gasteiger partial charge in [0, 0.05) is 21.8 Å². The van der Waals surface area contributed by atoms with Crippen LogP contribution in [0.15, 0.2) is 73.3 Å². The monoisotopic (exact) mass is 513 g/mol. The van der Waals surface area contributed by atoms with Gasteiger partial charge in [0.25, 0.3) is 0 Å². The molecule has 0 saturated carbocycles. The number of benzene rings is 2. The zero-order valence-electron chi connectivity index (χ0n) is 21.2.